The zero-order valence-corrected chi connectivity index (χ0v) is 18.4. The van der Waals surface area contributed by atoms with E-state index < -0.39 is 23.1 Å². The van der Waals surface area contributed by atoms with E-state index in [4.69, 9.17) is 15.2 Å². The average Bonchev–Trinajstić information content (AvgIpc) is 3.10. The molecule has 2 N–H and O–H groups in total. The van der Waals surface area contributed by atoms with Crippen LogP contribution in [0, 0.1) is 0 Å². The minimum Gasteiger partial charge on any atom is -0.461 e. The van der Waals surface area contributed by atoms with E-state index in [-0.39, 0.29) is 18.7 Å². The minimum atomic E-state index is -1.22. The van der Waals surface area contributed by atoms with Crippen LogP contribution in [-0.2, 0) is 27.1 Å². The molecule has 0 saturated carbocycles. The van der Waals surface area contributed by atoms with Gasteiger partial charge in [0.25, 0.3) is 0 Å². The summed E-state index contributed by atoms with van der Waals surface area (Å²) in [5.41, 5.74) is 6.14. The molecule has 1 aromatic heterocycles. The van der Waals surface area contributed by atoms with Gasteiger partial charge in [0.05, 0.1) is 11.6 Å². The van der Waals surface area contributed by atoms with Gasteiger partial charge in [0.15, 0.2) is 5.69 Å². The number of rotatable bonds is 9. The molecule has 29 heavy (non-hydrogen) atoms. The van der Waals surface area contributed by atoms with Crippen LogP contribution in [0.3, 0.4) is 0 Å². The predicted octanol–water partition coefficient (Wildman–Crippen LogP) is 3.92. The molecule has 7 heteroatoms. The van der Waals surface area contributed by atoms with E-state index in [1.807, 2.05) is 39.0 Å². The number of hydrogen-bond donors (Lipinski definition) is 1. The highest BCUT2D eigenvalue weighted by molar-refractivity contribution is 7.09. The normalized spacial score (nSPS) is 13.6. The highest BCUT2D eigenvalue weighted by Gasteiger charge is 2.38. The molecule has 1 heterocycles. The zero-order valence-electron chi connectivity index (χ0n) is 17.6. The van der Waals surface area contributed by atoms with Crippen LogP contribution >= 0.6 is 11.3 Å². The van der Waals surface area contributed by atoms with Crippen molar-refractivity contribution in [1.29, 1.82) is 0 Å². The first-order valence-electron chi connectivity index (χ1n) is 9.81. The summed E-state index contributed by atoms with van der Waals surface area (Å²) in [7, 11) is 0. The zero-order chi connectivity index (χ0) is 21.5. The SMILES string of the molecule is CCOC(=O)c1csc(CC(N)(CCCc2ccccc2)C(=O)OC(C)(C)C)n1. The van der Waals surface area contributed by atoms with Crippen molar-refractivity contribution in [3.05, 3.63) is 52.0 Å². The van der Waals surface area contributed by atoms with E-state index in [0.717, 1.165) is 12.8 Å². The second-order valence-electron chi connectivity index (χ2n) is 8.02. The van der Waals surface area contributed by atoms with Gasteiger partial charge in [0.2, 0.25) is 0 Å². The fraction of sp³-hybridized carbons (Fsp3) is 0.500. The molecular weight excluding hydrogens is 388 g/mol. The van der Waals surface area contributed by atoms with Gasteiger partial charge in [-0.05, 0) is 52.5 Å². The molecule has 1 atom stereocenters. The second kappa shape index (κ2) is 9.98. The molecule has 1 unspecified atom stereocenters. The molecule has 0 saturated heterocycles. The average molecular weight is 419 g/mol. The monoisotopic (exact) mass is 418 g/mol. The number of nitrogens with two attached hydrogens (primary N) is 1. The molecule has 0 aliphatic heterocycles. The summed E-state index contributed by atoms with van der Waals surface area (Å²) in [5, 5.41) is 2.24. The van der Waals surface area contributed by atoms with Gasteiger partial charge in [-0.1, -0.05) is 30.3 Å². The number of hydrogen-bond acceptors (Lipinski definition) is 7. The largest absolute Gasteiger partial charge is 0.461 e. The Labute approximate surface area is 176 Å². The maximum Gasteiger partial charge on any atom is 0.357 e. The number of nitrogens with zero attached hydrogens (tertiary/aromatic N) is 1. The number of thiazole rings is 1. The van der Waals surface area contributed by atoms with Crippen molar-refractivity contribution < 1.29 is 19.1 Å². The quantitative estimate of drug-likeness (QED) is 0.621. The molecule has 6 nitrogen and oxygen atoms in total. The maximum absolute atomic E-state index is 12.9. The van der Waals surface area contributed by atoms with Gasteiger partial charge in [-0.2, -0.15) is 0 Å². The highest BCUT2D eigenvalue weighted by Crippen LogP contribution is 2.25. The third-order valence-electron chi connectivity index (χ3n) is 4.24. The van der Waals surface area contributed by atoms with Crippen molar-refractivity contribution in [2.45, 2.75) is 64.5 Å². The standard InChI is InChI=1S/C22H30N2O4S/c1-5-27-19(25)17-15-29-18(24-17)14-22(23,20(26)28-21(2,3)4)13-9-12-16-10-7-6-8-11-16/h6-8,10-11,15H,5,9,12-14,23H2,1-4H3. The van der Waals surface area contributed by atoms with Crippen LogP contribution in [0.2, 0.25) is 0 Å². The summed E-state index contributed by atoms with van der Waals surface area (Å²) < 4.78 is 10.6. The lowest BCUT2D eigenvalue weighted by atomic mass is 9.89. The molecule has 0 amide bonds. The Hall–Kier alpha value is -2.25. The van der Waals surface area contributed by atoms with Gasteiger partial charge < -0.3 is 15.2 Å². The Kier molecular flexibility index (Phi) is 7.93. The van der Waals surface area contributed by atoms with Gasteiger partial charge in [-0.15, -0.1) is 11.3 Å². The molecule has 0 aliphatic carbocycles. The number of aromatic nitrogens is 1. The lowest BCUT2D eigenvalue weighted by molar-refractivity contribution is -0.162. The number of aryl methyl sites for hydroxylation is 1. The Morgan fingerprint density at radius 2 is 1.86 bits per heavy atom. The van der Waals surface area contributed by atoms with Crippen LogP contribution in [0.4, 0.5) is 0 Å². The number of ether oxygens (including phenoxy) is 2. The van der Waals surface area contributed by atoms with Crippen LogP contribution in [0.15, 0.2) is 35.7 Å². The fourth-order valence-corrected chi connectivity index (χ4v) is 3.74. The van der Waals surface area contributed by atoms with Crippen molar-refractivity contribution in [3.63, 3.8) is 0 Å². The van der Waals surface area contributed by atoms with Crippen LogP contribution in [0.25, 0.3) is 0 Å². The Bertz CT molecular complexity index is 814. The topological polar surface area (TPSA) is 91.5 Å². The summed E-state index contributed by atoms with van der Waals surface area (Å²) in [5.74, 6) is -0.926. The summed E-state index contributed by atoms with van der Waals surface area (Å²) in [6.45, 7) is 7.47. The van der Waals surface area contributed by atoms with E-state index in [1.54, 1.807) is 12.3 Å². The van der Waals surface area contributed by atoms with Crippen molar-refractivity contribution >= 4 is 23.3 Å². The van der Waals surface area contributed by atoms with E-state index in [9.17, 15) is 9.59 Å². The van der Waals surface area contributed by atoms with E-state index in [0.29, 0.717) is 11.4 Å². The molecule has 0 bridgehead atoms. The van der Waals surface area contributed by atoms with Crippen molar-refractivity contribution in [2.75, 3.05) is 6.61 Å². The smallest absolute Gasteiger partial charge is 0.357 e. The van der Waals surface area contributed by atoms with Gasteiger partial charge in [-0.25, -0.2) is 9.78 Å². The van der Waals surface area contributed by atoms with Crippen LogP contribution in [0.1, 0.15) is 61.6 Å². The van der Waals surface area contributed by atoms with Gasteiger partial charge >= 0.3 is 11.9 Å². The summed E-state index contributed by atoms with van der Waals surface area (Å²) in [4.78, 5) is 29.1. The van der Waals surface area contributed by atoms with E-state index >= 15 is 0 Å². The number of carbonyl (C=O) groups excluding carboxylic acids is 2. The minimum absolute atomic E-state index is 0.209. The van der Waals surface area contributed by atoms with Gasteiger partial charge in [0.1, 0.15) is 11.1 Å². The van der Waals surface area contributed by atoms with Gasteiger partial charge in [0, 0.05) is 11.8 Å². The number of esters is 2. The van der Waals surface area contributed by atoms with Crippen LogP contribution < -0.4 is 5.73 Å². The number of carbonyl (C=O) groups is 2. The predicted molar refractivity (Wildman–Crippen MR) is 114 cm³/mol. The molecule has 0 fully saturated rings. The molecule has 1 aromatic carbocycles. The lowest BCUT2D eigenvalue weighted by Crippen LogP contribution is -2.52. The lowest BCUT2D eigenvalue weighted by Gasteiger charge is -2.31. The summed E-state index contributed by atoms with van der Waals surface area (Å²) in [6.07, 6.45) is 2.20. The Balaban J connectivity index is 2.13. The maximum atomic E-state index is 12.9. The van der Waals surface area contributed by atoms with E-state index in [1.165, 1.54) is 16.9 Å². The molecule has 0 aliphatic rings. The molecular formula is C22H30N2O4S. The first-order chi connectivity index (χ1) is 13.6. The Morgan fingerprint density at radius 1 is 1.17 bits per heavy atom. The third-order valence-corrected chi connectivity index (χ3v) is 5.09. The highest BCUT2D eigenvalue weighted by atomic mass is 32.1. The number of benzene rings is 1. The first kappa shape index (κ1) is 23.0. The molecule has 0 radical (unpaired) electrons. The van der Waals surface area contributed by atoms with Crippen LogP contribution in [0.5, 0.6) is 0 Å². The summed E-state index contributed by atoms with van der Waals surface area (Å²) >= 11 is 1.30. The van der Waals surface area contributed by atoms with Crippen molar-refractivity contribution in [3.8, 4) is 0 Å². The first-order valence-corrected chi connectivity index (χ1v) is 10.7. The fourth-order valence-electron chi connectivity index (χ4n) is 2.86. The van der Waals surface area contributed by atoms with Crippen LogP contribution in [-0.4, -0.2) is 34.7 Å². The van der Waals surface area contributed by atoms with Crippen molar-refractivity contribution in [2.24, 2.45) is 5.73 Å². The Morgan fingerprint density at radius 3 is 2.48 bits per heavy atom. The third kappa shape index (κ3) is 7.25. The van der Waals surface area contributed by atoms with Crippen molar-refractivity contribution in [1.82, 2.24) is 4.98 Å². The van der Waals surface area contributed by atoms with E-state index in [2.05, 4.69) is 17.1 Å². The molecule has 158 valence electrons. The molecule has 0 spiro atoms. The van der Waals surface area contributed by atoms with Gasteiger partial charge in [-0.3, -0.25) is 4.79 Å². The summed E-state index contributed by atoms with van der Waals surface area (Å²) in [6, 6.07) is 10.1. The molecule has 2 rings (SSSR count). The molecule has 2 aromatic rings. The second-order valence-corrected chi connectivity index (χ2v) is 8.96.